The first-order valence-corrected chi connectivity index (χ1v) is 8.20. The number of rotatable bonds is 4. The van der Waals surface area contributed by atoms with Gasteiger partial charge in [-0.25, -0.2) is 8.42 Å². The molecule has 7 nitrogen and oxygen atoms in total. The minimum absolute atomic E-state index is 0.00884. The molecule has 1 unspecified atom stereocenters. The summed E-state index contributed by atoms with van der Waals surface area (Å²) >= 11 is 0. The lowest BCUT2D eigenvalue weighted by atomic mass is 10.1. The lowest BCUT2D eigenvalue weighted by Crippen LogP contribution is -2.40. The van der Waals surface area contributed by atoms with E-state index in [1.165, 1.54) is 10.4 Å². The maximum Gasteiger partial charge on any atom is 0.271 e. The van der Waals surface area contributed by atoms with Gasteiger partial charge in [-0.3, -0.25) is 10.1 Å². The molecule has 0 saturated carbocycles. The minimum atomic E-state index is -3.76. The van der Waals surface area contributed by atoms with Crippen LogP contribution < -0.4 is 5.73 Å². The van der Waals surface area contributed by atoms with Gasteiger partial charge in [0.2, 0.25) is 10.0 Å². The quantitative estimate of drug-likeness (QED) is 0.666. The van der Waals surface area contributed by atoms with Crippen LogP contribution in [0.1, 0.15) is 24.0 Å². The third-order valence-electron chi connectivity index (χ3n) is 4.00. The van der Waals surface area contributed by atoms with Crippen molar-refractivity contribution in [2.24, 2.45) is 5.73 Å². The number of nitrogens with two attached hydrogens (primary N) is 1. The summed E-state index contributed by atoms with van der Waals surface area (Å²) in [6, 6.07) is 2.30. The maximum atomic E-state index is 12.8. The Morgan fingerprint density at radius 3 is 2.67 bits per heavy atom. The zero-order valence-electron chi connectivity index (χ0n) is 12.1. The molecule has 1 aromatic carbocycles. The van der Waals surface area contributed by atoms with Gasteiger partial charge >= 0.3 is 0 Å². The van der Waals surface area contributed by atoms with E-state index in [2.05, 4.69) is 0 Å². The summed E-state index contributed by atoms with van der Waals surface area (Å²) in [4.78, 5) is 10.4. The summed E-state index contributed by atoms with van der Waals surface area (Å²) in [5, 5.41) is 11.0. The average molecular weight is 313 g/mol. The zero-order valence-corrected chi connectivity index (χ0v) is 12.9. The molecule has 21 heavy (non-hydrogen) atoms. The van der Waals surface area contributed by atoms with Crippen molar-refractivity contribution in [2.45, 2.75) is 37.6 Å². The molecule has 0 aliphatic carbocycles. The predicted octanol–water partition coefficient (Wildman–Crippen LogP) is 1.32. The highest BCUT2D eigenvalue weighted by atomic mass is 32.2. The Kier molecular flexibility index (Phi) is 4.31. The normalized spacial score (nSPS) is 19.9. The predicted molar refractivity (Wildman–Crippen MR) is 78.5 cm³/mol. The summed E-state index contributed by atoms with van der Waals surface area (Å²) in [5.74, 6) is 0. The number of benzene rings is 1. The Morgan fingerprint density at radius 1 is 1.43 bits per heavy atom. The fourth-order valence-corrected chi connectivity index (χ4v) is 4.69. The molecule has 0 bridgehead atoms. The second-order valence-corrected chi connectivity index (χ2v) is 7.15. The zero-order chi connectivity index (χ0) is 15.8. The first-order valence-electron chi connectivity index (χ1n) is 6.76. The number of nitro benzene ring substituents is 1. The summed E-state index contributed by atoms with van der Waals surface area (Å²) in [7, 11) is -3.76. The van der Waals surface area contributed by atoms with Crippen molar-refractivity contribution in [1.82, 2.24) is 4.31 Å². The minimum Gasteiger partial charge on any atom is -0.329 e. The Morgan fingerprint density at radius 2 is 2.10 bits per heavy atom. The highest BCUT2D eigenvalue weighted by Crippen LogP contribution is 2.31. The molecule has 1 fully saturated rings. The van der Waals surface area contributed by atoms with Crippen LogP contribution in [-0.4, -0.2) is 36.8 Å². The van der Waals surface area contributed by atoms with E-state index in [-0.39, 0.29) is 23.2 Å². The number of sulfonamides is 1. The standard InChI is InChI=1S/C13H19N3O4S/c1-9-6-12(16(17)18)7-13(10(9)2)21(19,20)15-5-3-4-11(15)8-14/h6-7,11H,3-5,8,14H2,1-2H3. The van der Waals surface area contributed by atoms with Crippen molar-refractivity contribution in [3.63, 3.8) is 0 Å². The Balaban J connectivity index is 2.56. The fourth-order valence-electron chi connectivity index (χ4n) is 2.67. The molecular weight excluding hydrogens is 294 g/mol. The van der Waals surface area contributed by atoms with Gasteiger partial charge in [0, 0.05) is 31.3 Å². The first kappa shape index (κ1) is 15.9. The van der Waals surface area contributed by atoms with Crippen molar-refractivity contribution in [2.75, 3.05) is 13.1 Å². The van der Waals surface area contributed by atoms with E-state index in [1.54, 1.807) is 13.8 Å². The molecule has 116 valence electrons. The van der Waals surface area contributed by atoms with E-state index >= 15 is 0 Å². The van der Waals surface area contributed by atoms with Gasteiger partial charge in [0.1, 0.15) is 0 Å². The number of nitro groups is 1. The molecule has 0 amide bonds. The molecule has 2 N–H and O–H groups in total. The van der Waals surface area contributed by atoms with Crippen molar-refractivity contribution >= 4 is 15.7 Å². The molecule has 1 aromatic rings. The van der Waals surface area contributed by atoms with Crippen LogP contribution in [0.5, 0.6) is 0 Å². The Labute approximate surface area is 123 Å². The van der Waals surface area contributed by atoms with E-state index in [9.17, 15) is 18.5 Å². The van der Waals surface area contributed by atoms with Crippen LogP contribution >= 0.6 is 0 Å². The first-order chi connectivity index (χ1) is 9.78. The number of nitrogens with zero attached hydrogens (tertiary/aromatic N) is 2. The molecule has 0 radical (unpaired) electrons. The molecule has 1 aliphatic heterocycles. The molecule has 2 rings (SSSR count). The van der Waals surface area contributed by atoms with Crippen molar-refractivity contribution in [1.29, 1.82) is 0 Å². The van der Waals surface area contributed by atoms with Gasteiger partial charge in [-0.15, -0.1) is 0 Å². The molecular formula is C13H19N3O4S. The molecule has 1 saturated heterocycles. The maximum absolute atomic E-state index is 12.8. The molecule has 8 heteroatoms. The van der Waals surface area contributed by atoms with Gasteiger partial charge in [0.05, 0.1) is 9.82 Å². The topological polar surface area (TPSA) is 107 Å². The summed E-state index contributed by atoms with van der Waals surface area (Å²) < 4.78 is 27.0. The number of non-ortho nitro benzene ring substituents is 1. The third kappa shape index (κ3) is 2.78. The van der Waals surface area contributed by atoms with Crippen LogP contribution in [0.4, 0.5) is 5.69 Å². The lowest BCUT2D eigenvalue weighted by molar-refractivity contribution is -0.385. The van der Waals surface area contributed by atoms with Gasteiger partial charge in [0.15, 0.2) is 0 Å². The van der Waals surface area contributed by atoms with Gasteiger partial charge in [-0.05, 0) is 37.8 Å². The summed E-state index contributed by atoms with van der Waals surface area (Å²) in [5.41, 5.74) is 6.56. The van der Waals surface area contributed by atoms with E-state index in [0.717, 1.165) is 18.9 Å². The summed E-state index contributed by atoms with van der Waals surface area (Å²) in [6.45, 7) is 4.00. The van der Waals surface area contributed by atoms with Crippen LogP contribution in [0.2, 0.25) is 0 Å². The van der Waals surface area contributed by atoms with Gasteiger partial charge in [-0.2, -0.15) is 4.31 Å². The van der Waals surface area contributed by atoms with Crippen molar-refractivity contribution in [3.05, 3.63) is 33.4 Å². The number of hydrogen-bond donors (Lipinski definition) is 1. The average Bonchev–Trinajstić information content (AvgIpc) is 2.90. The molecule has 1 aliphatic rings. The SMILES string of the molecule is Cc1cc([N+](=O)[O-])cc(S(=O)(=O)N2CCCC2CN)c1C. The lowest BCUT2D eigenvalue weighted by Gasteiger charge is -2.24. The highest BCUT2D eigenvalue weighted by Gasteiger charge is 2.36. The number of hydrogen-bond acceptors (Lipinski definition) is 5. The van der Waals surface area contributed by atoms with Crippen molar-refractivity contribution in [3.8, 4) is 0 Å². The van der Waals surface area contributed by atoms with Crippen LogP contribution in [0.3, 0.4) is 0 Å². The monoisotopic (exact) mass is 313 g/mol. The van der Waals surface area contributed by atoms with Crippen LogP contribution in [0, 0.1) is 24.0 Å². The highest BCUT2D eigenvalue weighted by molar-refractivity contribution is 7.89. The Bertz CT molecular complexity index is 672. The Hall–Kier alpha value is -1.51. The fraction of sp³-hybridized carbons (Fsp3) is 0.538. The molecule has 0 aromatic heterocycles. The second-order valence-electron chi connectivity index (χ2n) is 5.29. The third-order valence-corrected chi connectivity index (χ3v) is 6.08. The van der Waals surface area contributed by atoms with Gasteiger partial charge in [0.25, 0.3) is 5.69 Å². The second kappa shape index (κ2) is 5.70. The van der Waals surface area contributed by atoms with E-state index in [0.29, 0.717) is 17.7 Å². The summed E-state index contributed by atoms with van der Waals surface area (Å²) in [6.07, 6.45) is 1.48. The molecule has 1 atom stereocenters. The van der Waals surface area contributed by atoms with Crippen molar-refractivity contribution < 1.29 is 13.3 Å². The number of aryl methyl sites for hydroxylation is 1. The van der Waals surface area contributed by atoms with E-state index < -0.39 is 14.9 Å². The van der Waals surface area contributed by atoms with Gasteiger partial charge < -0.3 is 5.73 Å². The van der Waals surface area contributed by atoms with E-state index in [4.69, 9.17) is 5.73 Å². The molecule has 1 heterocycles. The van der Waals surface area contributed by atoms with Crippen LogP contribution in [0.25, 0.3) is 0 Å². The molecule has 0 spiro atoms. The van der Waals surface area contributed by atoms with Crippen LogP contribution in [0.15, 0.2) is 17.0 Å². The van der Waals surface area contributed by atoms with Crippen LogP contribution in [-0.2, 0) is 10.0 Å². The van der Waals surface area contributed by atoms with E-state index in [1.807, 2.05) is 0 Å². The smallest absolute Gasteiger partial charge is 0.271 e. The largest absolute Gasteiger partial charge is 0.329 e. The van der Waals surface area contributed by atoms with Gasteiger partial charge in [-0.1, -0.05) is 0 Å².